The number of hydrogen-bond acceptors (Lipinski definition) is 2. The summed E-state index contributed by atoms with van der Waals surface area (Å²) >= 11 is 0. The molecule has 4 nitrogen and oxygen atoms in total. The van der Waals surface area contributed by atoms with Gasteiger partial charge in [0.25, 0.3) is 0 Å². The Balaban J connectivity index is 0.000000425. The number of nitrogens with two attached hydrogens (primary N) is 1. The monoisotopic (exact) mass is 383 g/mol. The first-order valence-corrected chi connectivity index (χ1v) is 10.3. The summed E-state index contributed by atoms with van der Waals surface area (Å²) in [6.07, 6.45) is 4.73. The Hall–Kier alpha value is -2.72. The minimum atomic E-state index is 0.297. The average molecular weight is 384 g/mol. The van der Waals surface area contributed by atoms with Crippen LogP contribution in [0.2, 0.25) is 0 Å². The molecule has 0 spiro atoms. The van der Waals surface area contributed by atoms with E-state index in [0.29, 0.717) is 12.3 Å². The zero-order chi connectivity index (χ0) is 21.4. The summed E-state index contributed by atoms with van der Waals surface area (Å²) in [5.74, 6) is 0.297. The second kappa shape index (κ2) is 15.3. The number of aromatic nitrogens is 2. The Morgan fingerprint density at radius 1 is 0.821 bits per heavy atom. The molecule has 0 saturated heterocycles. The number of phenolic OH excluding ortho intramolecular Hbond substituents is 1. The van der Waals surface area contributed by atoms with E-state index in [1.165, 1.54) is 10.9 Å². The lowest BCUT2D eigenvalue weighted by molar-refractivity contribution is 0.476. The quantitative estimate of drug-likeness (QED) is 0.314. The van der Waals surface area contributed by atoms with Crippen LogP contribution in [0.4, 0.5) is 0 Å². The highest BCUT2D eigenvalue weighted by molar-refractivity contribution is 5.84. The van der Waals surface area contributed by atoms with Crippen molar-refractivity contribution < 1.29 is 5.11 Å². The minimum absolute atomic E-state index is 0.297. The van der Waals surface area contributed by atoms with Crippen molar-refractivity contribution in [1.29, 1.82) is 0 Å². The fraction of sp³-hybridized carbons (Fsp3) is 0.333. The van der Waals surface area contributed by atoms with E-state index in [2.05, 4.69) is 28.2 Å². The summed E-state index contributed by atoms with van der Waals surface area (Å²) in [5.41, 5.74) is 8.88. The van der Waals surface area contributed by atoms with Gasteiger partial charge in [0.2, 0.25) is 0 Å². The van der Waals surface area contributed by atoms with Gasteiger partial charge in [0.1, 0.15) is 5.75 Å². The Kier molecular flexibility index (Phi) is 13.9. The van der Waals surface area contributed by atoms with Crippen LogP contribution in [-0.2, 0) is 6.42 Å². The van der Waals surface area contributed by atoms with Crippen molar-refractivity contribution in [2.75, 3.05) is 6.54 Å². The fourth-order valence-electron chi connectivity index (χ4n) is 2.52. The molecule has 0 fully saturated rings. The maximum atomic E-state index is 9.30. The lowest BCUT2D eigenvalue weighted by Crippen LogP contribution is -2.01. The third-order valence-corrected chi connectivity index (χ3v) is 3.63. The Morgan fingerprint density at radius 3 is 2.14 bits per heavy atom. The Morgan fingerprint density at radius 2 is 1.50 bits per heavy atom. The first-order valence-electron chi connectivity index (χ1n) is 10.3. The van der Waals surface area contributed by atoms with Gasteiger partial charge in [-0.25, -0.2) is 0 Å². The first kappa shape index (κ1) is 25.3. The molecule has 4 rings (SSSR count). The van der Waals surface area contributed by atoms with E-state index < -0.39 is 0 Å². The number of nitrogens with one attached hydrogen (secondary N) is 2. The van der Waals surface area contributed by atoms with Crippen LogP contribution in [0.1, 0.15) is 47.1 Å². The average Bonchev–Trinajstić information content (AvgIpc) is 3.40. The second-order valence-corrected chi connectivity index (χ2v) is 5.15. The van der Waals surface area contributed by atoms with Crippen LogP contribution in [0.15, 0.2) is 60.9 Å². The topological polar surface area (TPSA) is 77.8 Å². The van der Waals surface area contributed by atoms with Crippen molar-refractivity contribution in [1.82, 2.24) is 9.97 Å². The van der Waals surface area contributed by atoms with E-state index in [4.69, 9.17) is 5.73 Å². The number of phenols is 1. The normalized spacial score (nSPS) is 8.96. The number of H-pyrrole nitrogens is 2. The molecule has 2 aromatic heterocycles. The molecule has 0 bridgehead atoms. The number of rotatable bonds is 2. The molecule has 4 aromatic rings. The SMILES string of the molecule is CC.CC.CC.NCCc1c[nH]c2ccc(O)cc12.c1ccc2[nH]ccc2c1. The molecule has 28 heavy (non-hydrogen) atoms. The molecule has 5 N–H and O–H groups in total. The van der Waals surface area contributed by atoms with Gasteiger partial charge in [-0.1, -0.05) is 59.7 Å². The molecule has 0 saturated carbocycles. The van der Waals surface area contributed by atoms with Crippen molar-refractivity contribution in [3.8, 4) is 5.75 Å². The first-order chi connectivity index (χ1) is 13.8. The highest BCUT2D eigenvalue weighted by Gasteiger charge is 2.02. The number of para-hydroxylation sites is 1. The molecule has 0 atom stereocenters. The second-order valence-electron chi connectivity index (χ2n) is 5.15. The maximum absolute atomic E-state index is 9.30. The molecule has 0 unspecified atom stereocenters. The van der Waals surface area contributed by atoms with Gasteiger partial charge in [-0.3, -0.25) is 0 Å². The van der Waals surface area contributed by atoms with Crippen LogP contribution >= 0.6 is 0 Å². The lowest BCUT2D eigenvalue weighted by atomic mass is 10.1. The smallest absolute Gasteiger partial charge is 0.116 e. The van der Waals surface area contributed by atoms with Crippen LogP contribution in [0, 0.1) is 0 Å². The van der Waals surface area contributed by atoms with Gasteiger partial charge in [0.15, 0.2) is 0 Å². The van der Waals surface area contributed by atoms with Crippen LogP contribution in [0.25, 0.3) is 21.8 Å². The number of aromatic hydroxyl groups is 1. The van der Waals surface area contributed by atoms with Gasteiger partial charge in [-0.15, -0.1) is 0 Å². The van der Waals surface area contributed by atoms with Crippen LogP contribution in [-0.4, -0.2) is 21.6 Å². The van der Waals surface area contributed by atoms with E-state index in [1.807, 2.05) is 72.1 Å². The fourth-order valence-corrected chi connectivity index (χ4v) is 2.52. The molecule has 2 aromatic carbocycles. The number of hydrogen-bond donors (Lipinski definition) is 4. The third-order valence-electron chi connectivity index (χ3n) is 3.63. The third kappa shape index (κ3) is 7.49. The van der Waals surface area contributed by atoms with Crippen LogP contribution < -0.4 is 5.73 Å². The highest BCUT2D eigenvalue weighted by atomic mass is 16.3. The van der Waals surface area contributed by atoms with E-state index in [1.54, 1.807) is 12.1 Å². The summed E-state index contributed by atoms with van der Waals surface area (Å²) < 4.78 is 0. The predicted octanol–water partition coefficient (Wildman–Crippen LogP) is 6.62. The van der Waals surface area contributed by atoms with Gasteiger partial charge in [-0.2, -0.15) is 0 Å². The van der Waals surface area contributed by atoms with Gasteiger partial charge in [0.05, 0.1) is 0 Å². The zero-order valence-electron chi connectivity index (χ0n) is 18.2. The molecule has 0 aliphatic rings. The van der Waals surface area contributed by atoms with E-state index in [-0.39, 0.29) is 0 Å². The minimum Gasteiger partial charge on any atom is -0.508 e. The van der Waals surface area contributed by atoms with E-state index in [0.717, 1.165) is 22.9 Å². The molecule has 0 aliphatic heterocycles. The summed E-state index contributed by atoms with van der Waals surface area (Å²) in [6, 6.07) is 15.6. The molecule has 154 valence electrons. The summed E-state index contributed by atoms with van der Waals surface area (Å²) in [6.45, 7) is 12.6. The largest absolute Gasteiger partial charge is 0.508 e. The Bertz CT molecular complexity index is 847. The van der Waals surface area contributed by atoms with Crippen LogP contribution in [0.3, 0.4) is 0 Å². The highest BCUT2D eigenvalue weighted by Crippen LogP contribution is 2.22. The molecule has 0 amide bonds. The van der Waals surface area contributed by atoms with Gasteiger partial charge in [-0.05, 0) is 54.2 Å². The molecule has 0 aliphatic carbocycles. The number of aromatic amines is 2. The number of benzene rings is 2. The van der Waals surface area contributed by atoms with E-state index in [9.17, 15) is 5.11 Å². The van der Waals surface area contributed by atoms with Gasteiger partial charge >= 0.3 is 0 Å². The van der Waals surface area contributed by atoms with Crippen molar-refractivity contribution in [2.24, 2.45) is 5.73 Å². The summed E-state index contributed by atoms with van der Waals surface area (Å²) in [5, 5.41) is 11.6. The van der Waals surface area contributed by atoms with Gasteiger partial charge in [0, 0.05) is 28.8 Å². The predicted molar refractivity (Wildman–Crippen MR) is 125 cm³/mol. The van der Waals surface area contributed by atoms with Crippen molar-refractivity contribution in [3.63, 3.8) is 0 Å². The molecule has 2 heterocycles. The van der Waals surface area contributed by atoms with E-state index >= 15 is 0 Å². The molecule has 0 radical (unpaired) electrons. The number of fused-ring (bicyclic) bond motifs is 2. The zero-order valence-corrected chi connectivity index (χ0v) is 18.2. The summed E-state index contributed by atoms with van der Waals surface area (Å²) in [7, 11) is 0. The summed E-state index contributed by atoms with van der Waals surface area (Å²) in [4.78, 5) is 6.25. The van der Waals surface area contributed by atoms with Crippen molar-refractivity contribution in [2.45, 2.75) is 48.0 Å². The molecular weight excluding hydrogens is 346 g/mol. The van der Waals surface area contributed by atoms with Crippen molar-refractivity contribution >= 4 is 21.8 Å². The van der Waals surface area contributed by atoms with Crippen LogP contribution in [0.5, 0.6) is 5.75 Å². The lowest BCUT2D eigenvalue weighted by Gasteiger charge is -1.96. The van der Waals surface area contributed by atoms with Crippen molar-refractivity contribution in [3.05, 3.63) is 66.5 Å². The molecule has 4 heteroatoms. The molecular formula is C24H37N3O. The van der Waals surface area contributed by atoms with Gasteiger partial charge < -0.3 is 20.8 Å². The standard InChI is InChI=1S/C10H12N2O.C8H7N.3C2H6/c11-4-3-7-6-12-10-2-1-8(13)5-9(7)10;1-2-4-8-7(3-1)5-6-9-8;3*1-2/h1-2,5-6,12-13H,3-4,11H2;1-6,9H;3*1-2H3. The maximum Gasteiger partial charge on any atom is 0.116 e. The Labute approximate surface area is 169 Å².